The zero-order valence-electron chi connectivity index (χ0n) is 13.9. The molecule has 0 radical (unpaired) electrons. The van der Waals surface area contributed by atoms with Crippen LogP contribution in [-0.4, -0.2) is 0 Å². The van der Waals surface area contributed by atoms with Crippen LogP contribution in [0.4, 0.5) is 5.69 Å². The molecule has 0 spiro atoms. The van der Waals surface area contributed by atoms with Gasteiger partial charge in [-0.25, -0.2) is 0 Å². The van der Waals surface area contributed by atoms with Crippen molar-refractivity contribution in [2.45, 2.75) is 20.1 Å². The van der Waals surface area contributed by atoms with E-state index in [0.29, 0.717) is 6.61 Å². The van der Waals surface area contributed by atoms with Crippen molar-refractivity contribution >= 4 is 33.2 Å². The van der Waals surface area contributed by atoms with Gasteiger partial charge in [-0.15, -0.1) is 0 Å². The molecule has 0 unspecified atom stereocenters. The maximum Gasteiger partial charge on any atom is 0.134 e. The fraction of sp³-hybridized carbons (Fsp3) is 0.143. The van der Waals surface area contributed by atoms with Gasteiger partial charge >= 0.3 is 0 Å². The minimum atomic E-state index is 0.511. The number of halogens is 2. The number of hydrogen-bond donors (Lipinski definition) is 1. The van der Waals surface area contributed by atoms with Crippen molar-refractivity contribution in [3.63, 3.8) is 0 Å². The molecule has 0 fully saturated rings. The van der Waals surface area contributed by atoms with Crippen LogP contribution in [0, 0.1) is 6.92 Å². The first-order chi connectivity index (χ1) is 12.1. The third-order valence-electron chi connectivity index (χ3n) is 3.82. The van der Waals surface area contributed by atoms with E-state index in [0.717, 1.165) is 33.0 Å². The predicted octanol–water partition coefficient (Wildman–Crippen LogP) is 6.60. The minimum absolute atomic E-state index is 0.511. The number of hydrogen-bond acceptors (Lipinski definition) is 2. The van der Waals surface area contributed by atoms with E-state index in [1.807, 2.05) is 30.3 Å². The van der Waals surface area contributed by atoms with E-state index in [-0.39, 0.29) is 0 Å². The van der Waals surface area contributed by atoms with Crippen molar-refractivity contribution in [2.75, 3.05) is 5.32 Å². The molecular weight excluding hydrogens is 398 g/mol. The molecule has 0 saturated heterocycles. The lowest BCUT2D eigenvalue weighted by atomic mass is 10.2. The highest BCUT2D eigenvalue weighted by Crippen LogP contribution is 2.27. The van der Waals surface area contributed by atoms with Crippen molar-refractivity contribution < 1.29 is 4.74 Å². The van der Waals surface area contributed by atoms with E-state index in [4.69, 9.17) is 16.3 Å². The predicted molar refractivity (Wildman–Crippen MR) is 108 cm³/mol. The maximum absolute atomic E-state index is 5.90. The Labute approximate surface area is 161 Å². The van der Waals surface area contributed by atoms with Crippen LogP contribution in [0.2, 0.25) is 5.02 Å². The average Bonchev–Trinajstić information content (AvgIpc) is 2.61. The van der Waals surface area contributed by atoms with Gasteiger partial charge in [0, 0.05) is 17.3 Å². The van der Waals surface area contributed by atoms with Gasteiger partial charge in [-0.05, 0) is 75.9 Å². The Morgan fingerprint density at radius 1 is 0.960 bits per heavy atom. The molecule has 0 bridgehead atoms. The summed E-state index contributed by atoms with van der Waals surface area (Å²) in [6.45, 7) is 3.37. The molecule has 25 heavy (non-hydrogen) atoms. The lowest BCUT2D eigenvalue weighted by molar-refractivity contribution is 0.304. The third kappa shape index (κ3) is 5.25. The highest BCUT2D eigenvalue weighted by molar-refractivity contribution is 9.10. The van der Waals surface area contributed by atoms with Gasteiger partial charge < -0.3 is 10.1 Å². The van der Waals surface area contributed by atoms with Crippen LogP contribution in [0.15, 0.2) is 71.2 Å². The molecule has 0 amide bonds. The molecule has 0 aliphatic carbocycles. The van der Waals surface area contributed by atoms with Crippen molar-refractivity contribution in [3.8, 4) is 5.75 Å². The summed E-state index contributed by atoms with van der Waals surface area (Å²) in [7, 11) is 0. The van der Waals surface area contributed by atoms with Gasteiger partial charge in [0.15, 0.2) is 0 Å². The molecule has 0 heterocycles. The summed E-state index contributed by atoms with van der Waals surface area (Å²) in [6.07, 6.45) is 0. The second-order valence-corrected chi connectivity index (χ2v) is 7.19. The lowest BCUT2D eigenvalue weighted by Crippen LogP contribution is -2.01. The number of ether oxygens (including phenoxy) is 1. The van der Waals surface area contributed by atoms with E-state index in [2.05, 4.69) is 64.6 Å². The quantitative estimate of drug-likeness (QED) is 0.488. The number of aryl methyl sites for hydroxylation is 1. The molecule has 0 aromatic heterocycles. The Hall–Kier alpha value is -1.97. The molecule has 3 rings (SSSR count). The highest BCUT2D eigenvalue weighted by atomic mass is 79.9. The molecule has 1 N–H and O–H groups in total. The van der Waals surface area contributed by atoms with E-state index in [1.165, 1.54) is 11.1 Å². The smallest absolute Gasteiger partial charge is 0.134 e. The second kappa shape index (κ2) is 8.41. The van der Waals surface area contributed by atoms with Gasteiger partial charge in [-0.2, -0.15) is 0 Å². The molecule has 4 heteroatoms. The van der Waals surface area contributed by atoms with Gasteiger partial charge in [0.1, 0.15) is 12.4 Å². The first kappa shape index (κ1) is 17.8. The molecule has 0 aliphatic heterocycles. The summed E-state index contributed by atoms with van der Waals surface area (Å²) in [5, 5.41) is 4.17. The van der Waals surface area contributed by atoms with Gasteiger partial charge in [0.2, 0.25) is 0 Å². The first-order valence-corrected chi connectivity index (χ1v) is 9.23. The molecule has 0 aliphatic rings. The zero-order valence-corrected chi connectivity index (χ0v) is 16.3. The molecule has 128 valence electrons. The van der Waals surface area contributed by atoms with Crippen molar-refractivity contribution in [1.29, 1.82) is 0 Å². The van der Waals surface area contributed by atoms with Crippen molar-refractivity contribution in [1.82, 2.24) is 0 Å². The van der Waals surface area contributed by atoms with E-state index in [1.54, 1.807) is 0 Å². The topological polar surface area (TPSA) is 21.3 Å². The average molecular weight is 417 g/mol. The SMILES string of the molecule is Cc1cccc(NCc2ccc(OCc3ccc(Cl)cc3)c(Br)c2)c1. The summed E-state index contributed by atoms with van der Waals surface area (Å²) >= 11 is 9.50. The Morgan fingerprint density at radius 3 is 2.44 bits per heavy atom. The number of rotatable bonds is 6. The third-order valence-corrected chi connectivity index (χ3v) is 4.69. The van der Waals surface area contributed by atoms with Crippen LogP contribution < -0.4 is 10.1 Å². The number of benzene rings is 3. The van der Waals surface area contributed by atoms with Crippen LogP contribution in [0.5, 0.6) is 5.75 Å². The fourth-order valence-electron chi connectivity index (χ4n) is 2.47. The molecule has 3 aromatic carbocycles. The van der Waals surface area contributed by atoms with Crippen molar-refractivity contribution in [2.24, 2.45) is 0 Å². The maximum atomic E-state index is 5.90. The van der Waals surface area contributed by atoms with E-state index < -0.39 is 0 Å². The van der Waals surface area contributed by atoms with Crippen LogP contribution in [0.3, 0.4) is 0 Å². The molecule has 0 saturated carbocycles. The highest BCUT2D eigenvalue weighted by Gasteiger charge is 2.04. The van der Waals surface area contributed by atoms with Gasteiger partial charge in [-0.3, -0.25) is 0 Å². The van der Waals surface area contributed by atoms with Crippen LogP contribution >= 0.6 is 27.5 Å². The molecular formula is C21H19BrClNO. The van der Waals surface area contributed by atoms with Crippen molar-refractivity contribution in [3.05, 3.63) is 92.9 Å². The first-order valence-electron chi connectivity index (χ1n) is 8.06. The van der Waals surface area contributed by atoms with Gasteiger partial charge in [0.25, 0.3) is 0 Å². The van der Waals surface area contributed by atoms with Crippen LogP contribution in [0.1, 0.15) is 16.7 Å². The normalized spacial score (nSPS) is 10.5. The van der Waals surface area contributed by atoms with Gasteiger partial charge in [-0.1, -0.05) is 41.9 Å². The van der Waals surface area contributed by atoms with E-state index in [9.17, 15) is 0 Å². The fourth-order valence-corrected chi connectivity index (χ4v) is 3.14. The molecule has 3 aromatic rings. The Bertz CT molecular complexity index is 849. The summed E-state index contributed by atoms with van der Waals surface area (Å²) in [5.41, 5.74) is 4.64. The minimum Gasteiger partial charge on any atom is -0.488 e. The monoisotopic (exact) mass is 415 g/mol. The summed E-state index contributed by atoms with van der Waals surface area (Å²) in [4.78, 5) is 0. The Kier molecular flexibility index (Phi) is 6.00. The Balaban J connectivity index is 1.59. The summed E-state index contributed by atoms with van der Waals surface area (Å²) < 4.78 is 6.83. The van der Waals surface area contributed by atoms with E-state index >= 15 is 0 Å². The largest absolute Gasteiger partial charge is 0.488 e. The second-order valence-electron chi connectivity index (χ2n) is 5.90. The molecule has 0 atom stereocenters. The molecule has 2 nitrogen and oxygen atoms in total. The summed E-state index contributed by atoms with van der Waals surface area (Å²) in [6, 6.07) is 22.2. The van der Waals surface area contributed by atoms with Crippen LogP contribution in [-0.2, 0) is 13.2 Å². The Morgan fingerprint density at radius 2 is 1.72 bits per heavy atom. The number of anilines is 1. The standard InChI is InChI=1S/C21H19BrClNO/c1-15-3-2-4-19(11-15)24-13-17-7-10-21(20(22)12-17)25-14-16-5-8-18(23)9-6-16/h2-12,24H,13-14H2,1H3. The summed E-state index contributed by atoms with van der Waals surface area (Å²) in [5.74, 6) is 0.828. The van der Waals surface area contributed by atoms with Gasteiger partial charge in [0.05, 0.1) is 4.47 Å². The lowest BCUT2D eigenvalue weighted by Gasteiger charge is -2.11. The zero-order chi connectivity index (χ0) is 17.6. The number of nitrogens with one attached hydrogen (secondary N) is 1. The van der Waals surface area contributed by atoms with Crippen LogP contribution in [0.25, 0.3) is 0 Å².